The smallest absolute Gasteiger partial charge is 0.178 e. The largest absolute Gasteiger partial charge is 0.290 e. The van der Waals surface area contributed by atoms with E-state index in [1.165, 1.54) is 0 Å². The van der Waals surface area contributed by atoms with Crippen LogP contribution in [0.3, 0.4) is 0 Å². The molecule has 0 fully saturated rings. The first-order chi connectivity index (χ1) is 10.8. The van der Waals surface area contributed by atoms with Crippen molar-refractivity contribution in [3.8, 4) is 0 Å². The molecule has 0 heterocycles. The zero-order valence-corrected chi connectivity index (χ0v) is 12.1. The van der Waals surface area contributed by atoms with Crippen molar-refractivity contribution in [1.82, 2.24) is 0 Å². The van der Waals surface area contributed by atoms with Crippen molar-refractivity contribution in [1.29, 1.82) is 0 Å². The van der Waals surface area contributed by atoms with Crippen molar-refractivity contribution >= 4 is 30.1 Å². The fourth-order valence-electron chi connectivity index (χ4n) is 2.35. The first-order valence-corrected chi connectivity index (χ1v) is 7.26. The van der Waals surface area contributed by atoms with E-state index in [4.69, 9.17) is 0 Å². The molecule has 1 aliphatic rings. The molecule has 3 rings (SSSR count). The lowest BCUT2D eigenvalue weighted by Crippen LogP contribution is -1.87. The molecule has 22 heavy (non-hydrogen) atoms. The summed E-state index contributed by atoms with van der Waals surface area (Å²) in [7, 11) is 0. The van der Waals surface area contributed by atoms with E-state index in [2.05, 4.69) is 12.2 Å². The molecule has 1 aliphatic carbocycles. The van der Waals surface area contributed by atoms with Crippen LogP contribution in [0.4, 0.5) is 0 Å². The van der Waals surface area contributed by atoms with Gasteiger partial charge >= 0.3 is 0 Å². The van der Waals surface area contributed by atoms with Gasteiger partial charge in [-0.25, -0.2) is 0 Å². The highest BCUT2D eigenvalue weighted by Crippen LogP contribution is 2.16. The molecule has 0 amide bonds. The number of carbonyl (C=O) groups is 1. The van der Waals surface area contributed by atoms with Crippen molar-refractivity contribution in [2.75, 3.05) is 0 Å². The minimum absolute atomic E-state index is 0.0168. The zero-order chi connectivity index (χ0) is 15.2. The highest BCUT2D eigenvalue weighted by molar-refractivity contribution is 6.04. The lowest BCUT2D eigenvalue weighted by atomic mass is 10.1. The first-order valence-electron chi connectivity index (χ1n) is 7.26. The molecule has 1 nitrogen and oxygen atoms in total. The van der Waals surface area contributed by atoms with Gasteiger partial charge in [-0.2, -0.15) is 0 Å². The molecular formula is C21H16O. The van der Waals surface area contributed by atoms with E-state index < -0.39 is 0 Å². The molecule has 2 aromatic rings. The van der Waals surface area contributed by atoms with E-state index in [-0.39, 0.29) is 5.78 Å². The summed E-state index contributed by atoms with van der Waals surface area (Å²) in [6.07, 6.45) is 15.1. The van der Waals surface area contributed by atoms with Gasteiger partial charge in [0.2, 0.25) is 0 Å². The van der Waals surface area contributed by atoms with Crippen LogP contribution >= 0.6 is 0 Å². The maximum absolute atomic E-state index is 12.0. The average Bonchev–Trinajstić information content (AvgIpc) is 2.57. The Hall–Kier alpha value is -2.93. The predicted molar refractivity (Wildman–Crippen MR) is 94.0 cm³/mol. The monoisotopic (exact) mass is 284 g/mol. The summed E-state index contributed by atoms with van der Waals surface area (Å²) >= 11 is 0. The molecule has 0 unspecified atom stereocenters. The van der Waals surface area contributed by atoms with Gasteiger partial charge in [0.25, 0.3) is 0 Å². The second kappa shape index (κ2) is 6.68. The van der Waals surface area contributed by atoms with Crippen molar-refractivity contribution in [3.63, 3.8) is 0 Å². The summed E-state index contributed by atoms with van der Waals surface area (Å²) < 4.78 is 0. The number of hydrogen-bond acceptors (Lipinski definition) is 1. The van der Waals surface area contributed by atoms with Gasteiger partial charge in [0, 0.05) is 0 Å². The van der Waals surface area contributed by atoms with Crippen LogP contribution < -0.4 is 0 Å². The lowest BCUT2D eigenvalue weighted by Gasteiger charge is -1.99. The molecule has 0 aliphatic heterocycles. The molecule has 0 saturated heterocycles. The molecule has 0 aromatic heterocycles. The van der Waals surface area contributed by atoms with Crippen LogP contribution in [0.1, 0.15) is 22.3 Å². The average molecular weight is 284 g/mol. The highest BCUT2D eigenvalue weighted by atomic mass is 16.1. The van der Waals surface area contributed by atoms with Crippen molar-refractivity contribution < 1.29 is 4.79 Å². The summed E-state index contributed by atoms with van der Waals surface area (Å²) in [5.74, 6) is -0.0168. The van der Waals surface area contributed by atoms with E-state index in [1.54, 1.807) is 12.2 Å². The molecule has 0 radical (unpaired) electrons. The van der Waals surface area contributed by atoms with E-state index in [0.717, 1.165) is 22.3 Å². The van der Waals surface area contributed by atoms with E-state index in [9.17, 15) is 4.79 Å². The van der Waals surface area contributed by atoms with Crippen LogP contribution in [0.5, 0.6) is 0 Å². The minimum Gasteiger partial charge on any atom is -0.290 e. The summed E-state index contributed by atoms with van der Waals surface area (Å²) in [6.45, 7) is 0. The fraction of sp³-hybridized carbons (Fsp3) is 0. The van der Waals surface area contributed by atoms with Gasteiger partial charge in [-0.15, -0.1) is 0 Å². The molecule has 1 heteroatoms. The Kier molecular flexibility index (Phi) is 4.26. The third kappa shape index (κ3) is 3.39. The van der Waals surface area contributed by atoms with Gasteiger partial charge in [0.15, 0.2) is 5.78 Å². The Morgan fingerprint density at radius 1 is 0.455 bits per heavy atom. The van der Waals surface area contributed by atoms with Crippen LogP contribution in [-0.4, -0.2) is 5.78 Å². The second-order valence-electron chi connectivity index (χ2n) is 5.05. The molecule has 0 atom stereocenters. The van der Waals surface area contributed by atoms with Gasteiger partial charge in [0.05, 0.1) is 0 Å². The van der Waals surface area contributed by atoms with E-state index in [1.807, 2.05) is 72.8 Å². The molecule has 106 valence electrons. The molecule has 0 bridgehead atoms. The van der Waals surface area contributed by atoms with Crippen LogP contribution in [0.15, 0.2) is 72.8 Å². The number of benzene rings is 2. The quantitative estimate of drug-likeness (QED) is 0.663. The number of fused-ring (bicyclic) bond motifs is 2. The van der Waals surface area contributed by atoms with Gasteiger partial charge in [-0.1, -0.05) is 85.0 Å². The van der Waals surface area contributed by atoms with Gasteiger partial charge in [0.1, 0.15) is 0 Å². The Bertz CT molecular complexity index is 737. The zero-order valence-electron chi connectivity index (χ0n) is 12.1. The number of carbonyl (C=O) groups excluding carboxylic acids is 1. The molecule has 0 saturated carbocycles. The van der Waals surface area contributed by atoms with E-state index in [0.29, 0.717) is 0 Å². The highest BCUT2D eigenvalue weighted by Gasteiger charge is 1.98. The number of allylic oxidation sites excluding steroid dienone is 4. The van der Waals surface area contributed by atoms with Crippen LogP contribution in [0.25, 0.3) is 24.3 Å². The summed E-state index contributed by atoms with van der Waals surface area (Å²) in [6, 6.07) is 16.0. The Morgan fingerprint density at radius 3 is 1.23 bits per heavy atom. The van der Waals surface area contributed by atoms with Crippen LogP contribution in [-0.2, 0) is 4.79 Å². The molecule has 0 N–H and O–H groups in total. The standard InChI is InChI=1S/C21H16O/c22-21-15-13-19-11-5-3-9-17(19)7-1-2-8-18-10-4-6-12-20(18)14-16-21/h1-16H/b7-1-,8-2-,15-13-,16-14-. The van der Waals surface area contributed by atoms with Crippen LogP contribution in [0, 0.1) is 0 Å². The maximum Gasteiger partial charge on any atom is 0.178 e. The van der Waals surface area contributed by atoms with Gasteiger partial charge < -0.3 is 0 Å². The maximum atomic E-state index is 12.0. The number of hydrogen-bond donors (Lipinski definition) is 0. The molecule has 0 spiro atoms. The topological polar surface area (TPSA) is 17.1 Å². The number of ketones is 1. The third-order valence-corrected chi connectivity index (χ3v) is 3.51. The summed E-state index contributed by atoms with van der Waals surface area (Å²) in [5, 5.41) is 0. The SMILES string of the molecule is O=C1/C=C\c2ccccc2/C=C\C=C/c2ccccc2/C=C\1. The Balaban J connectivity index is 2.07. The van der Waals surface area contributed by atoms with Gasteiger partial charge in [-0.3, -0.25) is 4.79 Å². The fourth-order valence-corrected chi connectivity index (χ4v) is 2.35. The predicted octanol–water partition coefficient (Wildman–Crippen LogP) is 5.02. The first kappa shape index (κ1) is 14.0. The van der Waals surface area contributed by atoms with Gasteiger partial charge in [-0.05, 0) is 34.4 Å². The van der Waals surface area contributed by atoms with Crippen molar-refractivity contribution in [2.45, 2.75) is 0 Å². The third-order valence-electron chi connectivity index (χ3n) is 3.51. The normalized spacial score (nSPS) is 19.5. The molecular weight excluding hydrogens is 268 g/mol. The Labute approximate surface area is 130 Å². The minimum atomic E-state index is -0.0168. The second-order valence-corrected chi connectivity index (χ2v) is 5.05. The van der Waals surface area contributed by atoms with Crippen LogP contribution in [0.2, 0.25) is 0 Å². The lowest BCUT2D eigenvalue weighted by molar-refractivity contribution is -0.110. The summed E-state index contributed by atoms with van der Waals surface area (Å²) in [4.78, 5) is 12.0. The van der Waals surface area contributed by atoms with Crippen molar-refractivity contribution in [3.05, 3.63) is 95.1 Å². The number of rotatable bonds is 0. The van der Waals surface area contributed by atoms with Crippen molar-refractivity contribution in [2.24, 2.45) is 0 Å². The van der Waals surface area contributed by atoms with E-state index >= 15 is 0 Å². The molecule has 2 aromatic carbocycles. The summed E-state index contributed by atoms with van der Waals surface area (Å²) in [5.41, 5.74) is 4.25. The Morgan fingerprint density at radius 2 is 0.818 bits per heavy atom.